The van der Waals surface area contributed by atoms with Gasteiger partial charge in [0.2, 0.25) is 5.91 Å². The van der Waals surface area contributed by atoms with Gasteiger partial charge in [0.1, 0.15) is 0 Å². The molecule has 5 heteroatoms. The molecule has 0 aliphatic carbocycles. The lowest BCUT2D eigenvalue weighted by Gasteiger charge is -2.19. The highest BCUT2D eigenvalue weighted by Gasteiger charge is 2.35. The Morgan fingerprint density at radius 1 is 1.04 bits per heavy atom. The quantitative estimate of drug-likeness (QED) is 0.739. The normalized spacial score (nSPS) is 19.6. The minimum absolute atomic E-state index is 0.0434. The van der Waals surface area contributed by atoms with E-state index < -0.39 is 5.97 Å². The zero-order chi connectivity index (χ0) is 19.9. The van der Waals surface area contributed by atoms with Crippen molar-refractivity contribution in [1.29, 1.82) is 0 Å². The van der Waals surface area contributed by atoms with E-state index in [-0.39, 0.29) is 30.2 Å². The van der Waals surface area contributed by atoms with Crippen molar-refractivity contribution in [2.75, 3.05) is 26.2 Å². The fourth-order valence-electron chi connectivity index (χ4n) is 4.03. The predicted octanol–water partition coefficient (Wildman–Crippen LogP) is 2.98. The Morgan fingerprint density at radius 3 is 2.11 bits per heavy atom. The number of nitrogens with one attached hydrogen (secondary N) is 1. The van der Waals surface area contributed by atoms with E-state index in [1.807, 2.05) is 48.2 Å². The molecule has 0 bridgehead atoms. The number of carbonyl (C=O) groups is 2. The first-order valence-corrected chi connectivity index (χ1v) is 9.86. The Balaban J connectivity index is 1.53. The average Bonchev–Trinajstić information content (AvgIpc) is 3.07. The maximum atomic E-state index is 12.3. The summed E-state index contributed by atoms with van der Waals surface area (Å²) < 4.78 is 0. The first-order chi connectivity index (χ1) is 13.5. The largest absolute Gasteiger partial charge is 0.481 e. The van der Waals surface area contributed by atoms with Crippen LogP contribution in [0.3, 0.4) is 0 Å². The second-order valence-electron chi connectivity index (χ2n) is 7.63. The maximum absolute atomic E-state index is 12.3. The van der Waals surface area contributed by atoms with E-state index in [0.717, 1.165) is 6.42 Å². The van der Waals surface area contributed by atoms with E-state index in [9.17, 15) is 14.7 Å². The number of nitrogens with zero attached hydrogens (tertiary/aromatic N) is 1. The van der Waals surface area contributed by atoms with Crippen molar-refractivity contribution in [2.45, 2.75) is 19.3 Å². The molecule has 2 N–H and O–H groups in total. The van der Waals surface area contributed by atoms with Crippen LogP contribution >= 0.6 is 0 Å². The highest BCUT2D eigenvalue weighted by atomic mass is 16.4. The van der Waals surface area contributed by atoms with E-state index in [0.29, 0.717) is 19.6 Å². The van der Waals surface area contributed by atoms with Crippen LogP contribution in [0.1, 0.15) is 30.4 Å². The van der Waals surface area contributed by atoms with Crippen molar-refractivity contribution < 1.29 is 14.7 Å². The van der Waals surface area contributed by atoms with E-state index in [1.54, 1.807) is 0 Å². The van der Waals surface area contributed by atoms with Crippen LogP contribution in [-0.2, 0) is 9.59 Å². The first kappa shape index (κ1) is 20.1. The number of likely N-dealkylation sites (tertiary alicyclic amines) is 1. The van der Waals surface area contributed by atoms with E-state index >= 15 is 0 Å². The van der Waals surface area contributed by atoms with Crippen LogP contribution in [-0.4, -0.2) is 48.1 Å². The Hall–Kier alpha value is -2.66. The van der Waals surface area contributed by atoms with Crippen molar-refractivity contribution in [1.82, 2.24) is 10.2 Å². The van der Waals surface area contributed by atoms with Crippen LogP contribution < -0.4 is 5.32 Å². The number of benzene rings is 2. The molecule has 1 saturated heterocycles. The summed E-state index contributed by atoms with van der Waals surface area (Å²) in [5.74, 6) is -0.896. The number of carbonyl (C=O) groups excluding carboxylic acids is 1. The molecule has 1 aliphatic rings. The summed E-state index contributed by atoms with van der Waals surface area (Å²) >= 11 is 0. The number of aliphatic carboxylic acids is 1. The van der Waals surface area contributed by atoms with E-state index in [1.165, 1.54) is 11.1 Å². The van der Waals surface area contributed by atoms with Gasteiger partial charge >= 0.3 is 5.97 Å². The third-order valence-corrected chi connectivity index (χ3v) is 5.53. The highest BCUT2D eigenvalue weighted by Crippen LogP contribution is 2.27. The van der Waals surface area contributed by atoms with Gasteiger partial charge in [-0.1, -0.05) is 67.6 Å². The SMILES string of the molecule is C[C@@H]1CN(CC(=O)NCCC(c2ccccc2)c2ccccc2)C[C@H]1C(=O)O. The van der Waals surface area contributed by atoms with Gasteiger partial charge in [0.05, 0.1) is 12.5 Å². The third-order valence-electron chi connectivity index (χ3n) is 5.53. The van der Waals surface area contributed by atoms with Crippen LogP contribution in [0.5, 0.6) is 0 Å². The molecule has 1 aliphatic heterocycles. The lowest BCUT2D eigenvalue weighted by molar-refractivity contribution is -0.142. The molecule has 0 spiro atoms. The Bertz CT molecular complexity index is 739. The molecule has 1 heterocycles. The Morgan fingerprint density at radius 2 is 1.61 bits per heavy atom. The first-order valence-electron chi connectivity index (χ1n) is 9.86. The highest BCUT2D eigenvalue weighted by molar-refractivity contribution is 5.78. The molecule has 3 rings (SSSR count). The van der Waals surface area contributed by atoms with Gasteiger partial charge in [0.15, 0.2) is 0 Å². The summed E-state index contributed by atoms with van der Waals surface area (Å²) in [5.41, 5.74) is 2.47. The Kier molecular flexibility index (Phi) is 6.82. The van der Waals surface area contributed by atoms with Crippen molar-refractivity contribution in [3.8, 4) is 0 Å². The summed E-state index contributed by atoms with van der Waals surface area (Å²) in [7, 11) is 0. The van der Waals surface area contributed by atoms with Crippen LogP contribution in [0.4, 0.5) is 0 Å². The molecule has 2 atom stereocenters. The third kappa shape index (κ3) is 5.20. The second-order valence-corrected chi connectivity index (χ2v) is 7.63. The Labute approximate surface area is 166 Å². The van der Waals surface area contributed by atoms with Crippen LogP contribution in [0.15, 0.2) is 60.7 Å². The summed E-state index contributed by atoms with van der Waals surface area (Å²) in [6, 6.07) is 20.7. The molecule has 0 unspecified atom stereocenters. The summed E-state index contributed by atoms with van der Waals surface area (Å²) in [5, 5.41) is 12.2. The molecule has 2 aromatic carbocycles. The van der Waals surface area contributed by atoms with Gasteiger partial charge in [-0.15, -0.1) is 0 Å². The number of rotatable bonds is 8. The molecule has 1 fully saturated rings. The van der Waals surface area contributed by atoms with Gasteiger partial charge < -0.3 is 10.4 Å². The van der Waals surface area contributed by atoms with Crippen molar-refractivity contribution in [3.05, 3.63) is 71.8 Å². The summed E-state index contributed by atoms with van der Waals surface area (Å²) in [4.78, 5) is 25.5. The van der Waals surface area contributed by atoms with Gasteiger partial charge in [-0.2, -0.15) is 0 Å². The second kappa shape index (κ2) is 9.51. The topological polar surface area (TPSA) is 69.6 Å². The molecule has 0 aromatic heterocycles. The summed E-state index contributed by atoms with van der Waals surface area (Å²) in [6.07, 6.45) is 0.813. The van der Waals surface area contributed by atoms with Crippen LogP contribution in [0.25, 0.3) is 0 Å². The van der Waals surface area contributed by atoms with Crippen molar-refractivity contribution in [2.24, 2.45) is 11.8 Å². The molecule has 1 amide bonds. The zero-order valence-electron chi connectivity index (χ0n) is 16.3. The standard InChI is InChI=1S/C23H28N2O3/c1-17-14-25(15-21(17)23(27)28)16-22(26)24-13-12-20(18-8-4-2-5-9-18)19-10-6-3-7-11-19/h2-11,17,20-21H,12-16H2,1H3,(H,24,26)(H,27,28)/t17-,21-/m1/s1. The fourth-order valence-corrected chi connectivity index (χ4v) is 4.03. The molecule has 5 nitrogen and oxygen atoms in total. The molecule has 0 saturated carbocycles. The van der Waals surface area contributed by atoms with Gasteiger partial charge in [0, 0.05) is 25.6 Å². The lowest BCUT2D eigenvalue weighted by atomic mass is 9.88. The monoisotopic (exact) mass is 380 g/mol. The van der Waals surface area contributed by atoms with Crippen LogP contribution in [0, 0.1) is 11.8 Å². The smallest absolute Gasteiger partial charge is 0.308 e. The predicted molar refractivity (Wildman–Crippen MR) is 109 cm³/mol. The number of carboxylic acid groups (broad SMARTS) is 1. The minimum atomic E-state index is -0.774. The zero-order valence-corrected chi connectivity index (χ0v) is 16.3. The molecule has 28 heavy (non-hydrogen) atoms. The van der Waals surface area contributed by atoms with Gasteiger partial charge in [-0.3, -0.25) is 14.5 Å². The molecular weight excluding hydrogens is 352 g/mol. The van der Waals surface area contributed by atoms with Gasteiger partial charge in [-0.05, 0) is 23.5 Å². The van der Waals surface area contributed by atoms with Gasteiger partial charge in [-0.25, -0.2) is 0 Å². The maximum Gasteiger partial charge on any atom is 0.308 e. The van der Waals surface area contributed by atoms with Crippen molar-refractivity contribution >= 4 is 11.9 Å². The van der Waals surface area contributed by atoms with Crippen molar-refractivity contribution in [3.63, 3.8) is 0 Å². The molecule has 0 radical (unpaired) electrons. The molecule has 148 valence electrons. The molecular formula is C23H28N2O3. The van der Waals surface area contributed by atoms with Crippen LogP contribution in [0.2, 0.25) is 0 Å². The lowest BCUT2D eigenvalue weighted by Crippen LogP contribution is -2.37. The minimum Gasteiger partial charge on any atom is -0.481 e. The number of hydrogen-bond acceptors (Lipinski definition) is 3. The number of amides is 1. The molecule has 2 aromatic rings. The van der Waals surface area contributed by atoms with Gasteiger partial charge in [0.25, 0.3) is 0 Å². The number of carboxylic acids is 1. The van der Waals surface area contributed by atoms with E-state index in [4.69, 9.17) is 0 Å². The fraction of sp³-hybridized carbons (Fsp3) is 0.391. The summed E-state index contributed by atoms with van der Waals surface area (Å²) in [6.45, 7) is 3.87. The average molecular weight is 380 g/mol. The number of hydrogen-bond donors (Lipinski definition) is 2. The van der Waals surface area contributed by atoms with E-state index in [2.05, 4.69) is 29.6 Å².